The Balaban J connectivity index is 2.13. The second-order valence-corrected chi connectivity index (χ2v) is 5.66. The summed E-state index contributed by atoms with van der Waals surface area (Å²) in [5.74, 6) is -1.28. The fraction of sp³-hybridized carbons (Fsp3) is 0.500. The molecule has 4 nitrogen and oxygen atoms in total. The first-order chi connectivity index (χ1) is 9.09. The second kappa shape index (κ2) is 4.69. The monoisotopic (exact) mass is 281 g/mol. The van der Waals surface area contributed by atoms with Gasteiger partial charge < -0.3 is 14.7 Å². The fourth-order valence-corrected chi connectivity index (χ4v) is 3.52. The number of benzene rings is 1. The van der Waals surface area contributed by atoms with Crippen molar-refractivity contribution in [1.29, 1.82) is 0 Å². The molecule has 19 heavy (non-hydrogen) atoms. The highest BCUT2D eigenvalue weighted by atomic mass is 35.5. The van der Waals surface area contributed by atoms with E-state index in [-0.39, 0.29) is 12.0 Å². The van der Waals surface area contributed by atoms with Crippen molar-refractivity contribution in [2.75, 3.05) is 25.2 Å². The van der Waals surface area contributed by atoms with E-state index in [9.17, 15) is 9.90 Å². The Hall–Kier alpha value is -1.26. The highest BCUT2D eigenvalue weighted by molar-refractivity contribution is 6.30. The van der Waals surface area contributed by atoms with E-state index in [2.05, 4.69) is 4.90 Å². The maximum atomic E-state index is 11.7. The summed E-state index contributed by atoms with van der Waals surface area (Å²) in [6, 6.07) is 5.66. The van der Waals surface area contributed by atoms with Crippen molar-refractivity contribution >= 4 is 23.3 Å². The molecule has 3 unspecified atom stereocenters. The minimum atomic E-state index is -0.780. The van der Waals surface area contributed by atoms with Crippen LogP contribution >= 0.6 is 11.6 Å². The van der Waals surface area contributed by atoms with E-state index in [0.29, 0.717) is 18.2 Å². The number of aliphatic carboxylic acids is 1. The molecule has 0 spiro atoms. The van der Waals surface area contributed by atoms with Crippen LogP contribution in [0.1, 0.15) is 17.9 Å². The molecule has 0 aliphatic carbocycles. The molecule has 1 saturated heterocycles. The van der Waals surface area contributed by atoms with Gasteiger partial charge in [0.1, 0.15) is 0 Å². The molecule has 1 aromatic rings. The maximum Gasteiger partial charge on any atom is 0.311 e. The van der Waals surface area contributed by atoms with Crippen molar-refractivity contribution in [2.24, 2.45) is 5.92 Å². The summed E-state index contributed by atoms with van der Waals surface area (Å²) in [5, 5.41) is 10.2. The molecule has 0 aromatic heterocycles. The van der Waals surface area contributed by atoms with Crippen LogP contribution in [0.5, 0.6) is 0 Å². The lowest BCUT2D eigenvalue weighted by Gasteiger charge is -2.46. The lowest BCUT2D eigenvalue weighted by atomic mass is 9.75. The van der Waals surface area contributed by atoms with E-state index in [0.717, 1.165) is 17.7 Å². The van der Waals surface area contributed by atoms with E-state index in [1.54, 1.807) is 6.07 Å². The zero-order valence-corrected chi connectivity index (χ0v) is 11.4. The van der Waals surface area contributed by atoms with Gasteiger partial charge in [0.15, 0.2) is 0 Å². The molecule has 2 aliphatic rings. The number of halogens is 1. The zero-order valence-electron chi connectivity index (χ0n) is 10.7. The predicted octanol–water partition coefficient (Wildman–Crippen LogP) is 2.36. The van der Waals surface area contributed by atoms with Gasteiger partial charge in [0.25, 0.3) is 0 Å². The van der Waals surface area contributed by atoms with Crippen molar-refractivity contribution in [3.63, 3.8) is 0 Å². The number of rotatable bonds is 1. The molecule has 3 rings (SSSR count). The Morgan fingerprint density at radius 1 is 1.53 bits per heavy atom. The van der Waals surface area contributed by atoms with Crippen molar-refractivity contribution in [3.8, 4) is 0 Å². The number of carboxylic acids is 1. The average Bonchev–Trinajstić information content (AvgIpc) is 2.39. The SMILES string of the molecule is CN1c2cc(Cl)ccc2C(C(=O)O)C2COCCC21. The van der Waals surface area contributed by atoms with E-state index in [1.165, 1.54) is 0 Å². The summed E-state index contributed by atoms with van der Waals surface area (Å²) in [7, 11) is 2.01. The third-order valence-corrected chi connectivity index (χ3v) is 4.50. The van der Waals surface area contributed by atoms with Gasteiger partial charge in [0, 0.05) is 36.3 Å². The van der Waals surface area contributed by atoms with Crippen molar-refractivity contribution in [1.82, 2.24) is 0 Å². The summed E-state index contributed by atoms with van der Waals surface area (Å²) in [4.78, 5) is 13.8. The van der Waals surface area contributed by atoms with Gasteiger partial charge in [-0.1, -0.05) is 17.7 Å². The number of ether oxygens (including phenoxy) is 1. The first-order valence-electron chi connectivity index (χ1n) is 6.42. The quantitative estimate of drug-likeness (QED) is 0.859. The largest absolute Gasteiger partial charge is 0.481 e. The first-order valence-corrected chi connectivity index (χ1v) is 6.80. The van der Waals surface area contributed by atoms with E-state index < -0.39 is 11.9 Å². The lowest BCUT2D eigenvalue weighted by Crippen LogP contribution is -2.51. The second-order valence-electron chi connectivity index (χ2n) is 5.22. The highest BCUT2D eigenvalue weighted by Gasteiger charge is 2.44. The number of nitrogens with zero attached hydrogens (tertiary/aromatic N) is 1. The summed E-state index contributed by atoms with van der Waals surface area (Å²) in [6.45, 7) is 1.20. The van der Waals surface area contributed by atoms with Crippen LogP contribution in [-0.4, -0.2) is 37.4 Å². The molecular formula is C14H16ClNO3. The third-order valence-electron chi connectivity index (χ3n) is 4.26. The van der Waals surface area contributed by atoms with Gasteiger partial charge in [-0.25, -0.2) is 0 Å². The van der Waals surface area contributed by atoms with Crippen LogP contribution in [0, 0.1) is 5.92 Å². The van der Waals surface area contributed by atoms with Crippen LogP contribution in [0.2, 0.25) is 5.02 Å². The van der Waals surface area contributed by atoms with E-state index >= 15 is 0 Å². The summed E-state index contributed by atoms with van der Waals surface area (Å²) in [6.07, 6.45) is 0.858. The van der Waals surface area contributed by atoms with Crippen molar-refractivity contribution in [3.05, 3.63) is 28.8 Å². The maximum absolute atomic E-state index is 11.7. The van der Waals surface area contributed by atoms with Crippen LogP contribution in [-0.2, 0) is 9.53 Å². The molecule has 3 atom stereocenters. The third kappa shape index (κ3) is 1.99. The Morgan fingerprint density at radius 2 is 2.32 bits per heavy atom. The number of carboxylic acid groups (broad SMARTS) is 1. The summed E-state index contributed by atoms with van der Waals surface area (Å²) in [5.41, 5.74) is 1.77. The van der Waals surface area contributed by atoms with Gasteiger partial charge in [0.05, 0.1) is 12.5 Å². The van der Waals surface area contributed by atoms with Gasteiger partial charge in [-0.05, 0) is 24.1 Å². The van der Waals surface area contributed by atoms with Crippen LogP contribution in [0.25, 0.3) is 0 Å². The minimum absolute atomic E-state index is 0.00456. The molecule has 0 bridgehead atoms. The number of hydrogen-bond acceptors (Lipinski definition) is 3. The standard InChI is InChI=1S/C14H16ClNO3/c1-16-11-4-5-19-7-10(11)13(14(17)18)9-3-2-8(15)6-12(9)16/h2-3,6,10-11,13H,4-5,7H2,1H3,(H,17,18). The first kappa shape index (κ1) is 12.8. The van der Waals surface area contributed by atoms with Crippen molar-refractivity contribution in [2.45, 2.75) is 18.4 Å². The van der Waals surface area contributed by atoms with E-state index in [1.807, 2.05) is 19.2 Å². The number of hydrogen-bond donors (Lipinski definition) is 1. The number of anilines is 1. The smallest absolute Gasteiger partial charge is 0.311 e. The molecule has 2 heterocycles. The predicted molar refractivity (Wildman–Crippen MR) is 72.9 cm³/mol. The zero-order chi connectivity index (χ0) is 13.6. The Labute approximate surface area is 116 Å². The fourth-order valence-electron chi connectivity index (χ4n) is 3.36. The lowest BCUT2D eigenvalue weighted by molar-refractivity contribution is -0.142. The van der Waals surface area contributed by atoms with E-state index in [4.69, 9.17) is 16.3 Å². The molecule has 0 radical (unpaired) electrons. The normalized spacial score (nSPS) is 29.6. The molecule has 1 N–H and O–H groups in total. The van der Waals surface area contributed by atoms with Crippen molar-refractivity contribution < 1.29 is 14.6 Å². The number of carbonyl (C=O) groups is 1. The summed E-state index contributed by atoms with van der Waals surface area (Å²) < 4.78 is 5.49. The van der Waals surface area contributed by atoms with Crippen LogP contribution in [0.3, 0.4) is 0 Å². The molecule has 1 fully saturated rings. The van der Waals surface area contributed by atoms with Crippen LogP contribution < -0.4 is 4.90 Å². The Kier molecular flexibility index (Phi) is 3.15. The molecule has 2 aliphatic heterocycles. The molecular weight excluding hydrogens is 266 g/mol. The topological polar surface area (TPSA) is 49.8 Å². The Bertz CT molecular complexity index is 519. The summed E-state index contributed by atoms with van der Waals surface area (Å²) >= 11 is 6.05. The molecule has 1 aromatic carbocycles. The Morgan fingerprint density at radius 3 is 3.05 bits per heavy atom. The molecule has 102 valence electrons. The minimum Gasteiger partial charge on any atom is -0.481 e. The van der Waals surface area contributed by atoms with Gasteiger partial charge in [-0.15, -0.1) is 0 Å². The molecule has 0 saturated carbocycles. The van der Waals surface area contributed by atoms with Gasteiger partial charge in [0.2, 0.25) is 0 Å². The van der Waals surface area contributed by atoms with Crippen LogP contribution in [0.4, 0.5) is 5.69 Å². The van der Waals surface area contributed by atoms with Gasteiger partial charge in [-0.3, -0.25) is 4.79 Å². The number of fused-ring (bicyclic) bond motifs is 2. The molecule has 0 amide bonds. The van der Waals surface area contributed by atoms with Gasteiger partial charge >= 0.3 is 5.97 Å². The average molecular weight is 282 g/mol. The molecule has 5 heteroatoms. The van der Waals surface area contributed by atoms with Crippen LogP contribution in [0.15, 0.2) is 18.2 Å². The highest BCUT2D eigenvalue weighted by Crippen LogP contribution is 2.44. The van der Waals surface area contributed by atoms with Gasteiger partial charge in [-0.2, -0.15) is 0 Å².